The first-order valence-electron chi connectivity index (χ1n) is 6.99. The highest BCUT2D eigenvalue weighted by Gasteiger charge is 2.15. The van der Waals surface area contributed by atoms with Gasteiger partial charge < -0.3 is 25.0 Å². The molecule has 21 heavy (non-hydrogen) atoms. The summed E-state index contributed by atoms with van der Waals surface area (Å²) in [4.78, 5) is 25.9. The van der Waals surface area contributed by atoms with E-state index < -0.39 is 5.97 Å². The van der Waals surface area contributed by atoms with Crippen molar-refractivity contribution in [1.82, 2.24) is 20.2 Å². The normalized spacial score (nSPS) is 17.6. The Kier molecular flexibility index (Phi) is 5.56. The van der Waals surface area contributed by atoms with E-state index in [-0.39, 0.29) is 11.7 Å². The van der Waals surface area contributed by atoms with Gasteiger partial charge in [-0.1, -0.05) is 0 Å². The maximum absolute atomic E-state index is 11.5. The molecule has 2 amide bonds. The number of rotatable bonds is 7. The van der Waals surface area contributed by atoms with Gasteiger partial charge in [-0.25, -0.2) is 14.6 Å². The van der Waals surface area contributed by atoms with E-state index in [1.807, 2.05) is 0 Å². The van der Waals surface area contributed by atoms with Crippen LogP contribution in [0, 0.1) is 5.92 Å². The highest BCUT2D eigenvalue weighted by atomic mass is 16.5. The second-order valence-corrected chi connectivity index (χ2v) is 5.00. The van der Waals surface area contributed by atoms with Gasteiger partial charge in [-0.05, 0) is 18.8 Å². The molecule has 1 unspecified atom stereocenters. The number of carboxylic acid groups (broad SMARTS) is 1. The minimum absolute atomic E-state index is 0.00164. The number of imidazole rings is 1. The number of hydrogen-bond acceptors (Lipinski definition) is 4. The van der Waals surface area contributed by atoms with Gasteiger partial charge in [0.05, 0.1) is 6.33 Å². The van der Waals surface area contributed by atoms with Crippen LogP contribution < -0.4 is 10.6 Å². The molecule has 0 aromatic carbocycles. The van der Waals surface area contributed by atoms with Crippen molar-refractivity contribution in [3.8, 4) is 0 Å². The summed E-state index contributed by atoms with van der Waals surface area (Å²) in [7, 11) is 0. The Morgan fingerprint density at radius 1 is 1.43 bits per heavy atom. The lowest BCUT2D eigenvalue weighted by atomic mass is 10.1. The third-order valence-electron chi connectivity index (χ3n) is 3.37. The summed E-state index contributed by atoms with van der Waals surface area (Å²) in [6.07, 6.45) is 4.86. The second-order valence-electron chi connectivity index (χ2n) is 5.00. The molecule has 1 fully saturated rings. The molecule has 1 aromatic heterocycles. The summed E-state index contributed by atoms with van der Waals surface area (Å²) in [5.41, 5.74) is -0.00164. The predicted octanol–water partition coefficient (Wildman–Crippen LogP) is 0.307. The molecule has 0 bridgehead atoms. The number of nitrogens with one attached hydrogen (secondary N) is 2. The Bertz CT molecular complexity index is 482. The van der Waals surface area contributed by atoms with Crippen LogP contribution in [-0.2, 0) is 11.3 Å². The summed E-state index contributed by atoms with van der Waals surface area (Å²) in [5.74, 6) is -0.513. The maximum atomic E-state index is 11.5. The largest absolute Gasteiger partial charge is 0.476 e. The van der Waals surface area contributed by atoms with Gasteiger partial charge in [0.15, 0.2) is 5.69 Å². The SMILES string of the molecule is O=C(NCCC1CCOC1)NCCn1cnc(C(=O)O)c1. The quantitative estimate of drug-likeness (QED) is 0.671. The number of hydrogen-bond donors (Lipinski definition) is 3. The fourth-order valence-electron chi connectivity index (χ4n) is 2.15. The van der Waals surface area contributed by atoms with Gasteiger partial charge in [-0.3, -0.25) is 0 Å². The molecule has 2 rings (SSSR count). The number of aromatic nitrogens is 2. The van der Waals surface area contributed by atoms with E-state index in [9.17, 15) is 9.59 Å². The van der Waals surface area contributed by atoms with Crippen LogP contribution in [0.25, 0.3) is 0 Å². The number of amides is 2. The third-order valence-corrected chi connectivity index (χ3v) is 3.37. The molecule has 1 aliphatic heterocycles. The number of urea groups is 1. The standard InChI is InChI=1S/C13H20N4O4/c18-12(19)11-7-17(9-16-11)5-4-15-13(20)14-3-1-10-2-6-21-8-10/h7,9-10H,1-6,8H2,(H,18,19)(H2,14,15,20). The van der Waals surface area contributed by atoms with Crippen molar-refractivity contribution < 1.29 is 19.4 Å². The second kappa shape index (κ2) is 7.63. The van der Waals surface area contributed by atoms with Gasteiger partial charge in [0, 0.05) is 39.0 Å². The molecule has 1 aromatic rings. The lowest BCUT2D eigenvalue weighted by molar-refractivity contribution is 0.0691. The zero-order chi connectivity index (χ0) is 15.1. The molecule has 0 radical (unpaired) electrons. The van der Waals surface area contributed by atoms with Crippen LogP contribution in [0.3, 0.4) is 0 Å². The summed E-state index contributed by atoms with van der Waals surface area (Å²) in [6, 6.07) is -0.215. The van der Waals surface area contributed by atoms with Crippen molar-refractivity contribution in [3.05, 3.63) is 18.2 Å². The number of aromatic carboxylic acids is 1. The molecule has 116 valence electrons. The van der Waals surface area contributed by atoms with Gasteiger partial charge >= 0.3 is 12.0 Å². The summed E-state index contributed by atoms with van der Waals surface area (Å²) >= 11 is 0. The summed E-state index contributed by atoms with van der Waals surface area (Å²) < 4.78 is 6.89. The average Bonchev–Trinajstić information content (AvgIpc) is 3.09. The molecule has 0 saturated carbocycles. The van der Waals surface area contributed by atoms with E-state index in [0.717, 1.165) is 26.1 Å². The maximum Gasteiger partial charge on any atom is 0.356 e. The van der Waals surface area contributed by atoms with Crippen molar-refractivity contribution in [3.63, 3.8) is 0 Å². The first-order chi connectivity index (χ1) is 10.1. The summed E-state index contributed by atoms with van der Waals surface area (Å²) in [6.45, 7) is 3.13. The Balaban J connectivity index is 1.56. The molecule has 2 heterocycles. The molecule has 8 heteroatoms. The number of ether oxygens (including phenoxy) is 1. The van der Waals surface area contributed by atoms with Crippen molar-refractivity contribution in [2.45, 2.75) is 19.4 Å². The lowest BCUT2D eigenvalue weighted by Crippen LogP contribution is -2.38. The van der Waals surface area contributed by atoms with Gasteiger partial charge in [0.1, 0.15) is 0 Å². The molecule has 1 aliphatic rings. The van der Waals surface area contributed by atoms with E-state index in [1.54, 1.807) is 4.57 Å². The van der Waals surface area contributed by atoms with Gasteiger partial charge in [-0.15, -0.1) is 0 Å². The lowest BCUT2D eigenvalue weighted by Gasteiger charge is -2.10. The van der Waals surface area contributed by atoms with Gasteiger partial charge in [-0.2, -0.15) is 0 Å². The minimum atomic E-state index is -1.06. The Morgan fingerprint density at radius 2 is 2.24 bits per heavy atom. The van der Waals surface area contributed by atoms with Gasteiger partial charge in [0.25, 0.3) is 0 Å². The topological polar surface area (TPSA) is 105 Å². The van der Waals surface area contributed by atoms with Crippen LogP contribution in [0.1, 0.15) is 23.3 Å². The molecule has 1 saturated heterocycles. The van der Waals surface area contributed by atoms with E-state index in [4.69, 9.17) is 9.84 Å². The van der Waals surface area contributed by atoms with Crippen LogP contribution in [0.4, 0.5) is 4.79 Å². The number of carbonyl (C=O) groups excluding carboxylic acids is 1. The smallest absolute Gasteiger partial charge is 0.356 e. The molecule has 3 N–H and O–H groups in total. The van der Waals surface area contributed by atoms with E-state index >= 15 is 0 Å². The van der Waals surface area contributed by atoms with Crippen LogP contribution in [-0.4, -0.2) is 53.0 Å². The van der Waals surface area contributed by atoms with Crippen LogP contribution in [0.5, 0.6) is 0 Å². The third kappa shape index (κ3) is 5.07. The van der Waals surface area contributed by atoms with Crippen molar-refractivity contribution in [2.75, 3.05) is 26.3 Å². The van der Waals surface area contributed by atoms with Crippen LogP contribution in [0.15, 0.2) is 12.5 Å². The zero-order valence-electron chi connectivity index (χ0n) is 11.7. The number of nitrogens with zero attached hydrogens (tertiary/aromatic N) is 2. The first-order valence-corrected chi connectivity index (χ1v) is 6.99. The number of carboxylic acids is 1. The fraction of sp³-hybridized carbons (Fsp3) is 0.615. The highest BCUT2D eigenvalue weighted by molar-refractivity contribution is 5.84. The summed E-state index contributed by atoms with van der Waals surface area (Å²) in [5, 5.41) is 14.2. The van der Waals surface area contributed by atoms with E-state index in [1.165, 1.54) is 12.5 Å². The molecule has 8 nitrogen and oxygen atoms in total. The number of carbonyl (C=O) groups is 2. The van der Waals surface area contributed by atoms with Crippen molar-refractivity contribution in [1.29, 1.82) is 0 Å². The monoisotopic (exact) mass is 296 g/mol. The van der Waals surface area contributed by atoms with Crippen molar-refractivity contribution >= 4 is 12.0 Å². The van der Waals surface area contributed by atoms with Crippen LogP contribution in [0.2, 0.25) is 0 Å². The fourth-order valence-corrected chi connectivity index (χ4v) is 2.15. The molecular formula is C13H20N4O4. The Morgan fingerprint density at radius 3 is 2.90 bits per heavy atom. The van der Waals surface area contributed by atoms with E-state index in [0.29, 0.717) is 25.6 Å². The van der Waals surface area contributed by atoms with E-state index in [2.05, 4.69) is 15.6 Å². The molecule has 1 atom stereocenters. The predicted molar refractivity (Wildman–Crippen MR) is 74.1 cm³/mol. The van der Waals surface area contributed by atoms with Crippen molar-refractivity contribution in [2.24, 2.45) is 5.92 Å². The molecule has 0 spiro atoms. The Labute approximate surface area is 122 Å². The minimum Gasteiger partial charge on any atom is -0.476 e. The average molecular weight is 296 g/mol. The van der Waals surface area contributed by atoms with Crippen LogP contribution >= 0.6 is 0 Å². The molecule has 0 aliphatic carbocycles. The zero-order valence-corrected chi connectivity index (χ0v) is 11.7. The molecular weight excluding hydrogens is 276 g/mol. The van der Waals surface area contributed by atoms with Gasteiger partial charge in [0.2, 0.25) is 0 Å². The first kappa shape index (κ1) is 15.3. The Hall–Kier alpha value is -2.09. The highest BCUT2D eigenvalue weighted by Crippen LogP contribution is 2.14.